The highest BCUT2D eigenvalue weighted by atomic mass is 16.5. The van der Waals surface area contributed by atoms with Crippen molar-refractivity contribution in [2.24, 2.45) is 7.05 Å². The highest BCUT2D eigenvalue weighted by Gasteiger charge is 2.21. The number of rotatable bonds is 5. The second-order valence-corrected chi connectivity index (χ2v) is 4.69. The molecule has 8 heteroatoms. The van der Waals surface area contributed by atoms with Crippen LogP contribution < -0.4 is 5.32 Å². The van der Waals surface area contributed by atoms with Crippen molar-refractivity contribution in [1.82, 2.24) is 19.6 Å². The van der Waals surface area contributed by atoms with Gasteiger partial charge in [0.1, 0.15) is 11.4 Å². The number of amides is 1. The quantitative estimate of drug-likeness (QED) is 0.843. The molecule has 0 spiro atoms. The lowest BCUT2D eigenvalue weighted by Gasteiger charge is -2.07. The van der Waals surface area contributed by atoms with E-state index in [1.54, 1.807) is 31.8 Å². The smallest absolute Gasteiger partial charge is 0.343 e. The molecule has 1 amide bonds. The van der Waals surface area contributed by atoms with E-state index in [1.165, 1.54) is 10.9 Å². The van der Waals surface area contributed by atoms with Crippen LogP contribution in [0.3, 0.4) is 0 Å². The molecule has 0 unspecified atom stereocenters. The molecular formula is C14H19N5O3. The monoisotopic (exact) mass is 305 g/mol. The van der Waals surface area contributed by atoms with Crippen LogP contribution in [-0.2, 0) is 18.3 Å². The van der Waals surface area contributed by atoms with Gasteiger partial charge in [0.15, 0.2) is 0 Å². The van der Waals surface area contributed by atoms with E-state index in [0.717, 1.165) is 0 Å². The summed E-state index contributed by atoms with van der Waals surface area (Å²) in [6.45, 7) is 6.34. The number of anilines is 1. The maximum Gasteiger partial charge on any atom is 0.343 e. The van der Waals surface area contributed by atoms with Crippen LogP contribution in [0.25, 0.3) is 0 Å². The molecule has 0 fully saturated rings. The number of aromatic nitrogens is 4. The molecule has 0 radical (unpaired) electrons. The third-order valence-corrected chi connectivity index (χ3v) is 3.18. The van der Waals surface area contributed by atoms with Crippen molar-refractivity contribution in [2.75, 3.05) is 11.9 Å². The summed E-state index contributed by atoms with van der Waals surface area (Å²) in [4.78, 5) is 24.3. The van der Waals surface area contributed by atoms with Gasteiger partial charge < -0.3 is 10.1 Å². The molecule has 118 valence electrons. The van der Waals surface area contributed by atoms with Crippen LogP contribution >= 0.6 is 0 Å². The molecule has 2 rings (SSSR count). The zero-order valence-corrected chi connectivity index (χ0v) is 13.1. The van der Waals surface area contributed by atoms with Crippen LogP contribution in [0.2, 0.25) is 0 Å². The standard InChI is InChI=1S/C14H19N5O3/c1-5-19-8-11(9(3)17-19)13(20)16-12-10(7-15-18(12)4)14(21)22-6-2/h7-8H,5-6H2,1-4H3,(H,16,20). The molecule has 0 saturated heterocycles. The van der Waals surface area contributed by atoms with Gasteiger partial charge in [0.05, 0.1) is 24.1 Å². The molecule has 0 aliphatic carbocycles. The number of aryl methyl sites for hydroxylation is 3. The summed E-state index contributed by atoms with van der Waals surface area (Å²) in [5.41, 5.74) is 1.30. The van der Waals surface area contributed by atoms with E-state index in [-0.39, 0.29) is 18.1 Å². The van der Waals surface area contributed by atoms with E-state index in [9.17, 15) is 9.59 Å². The number of hydrogen-bond donors (Lipinski definition) is 1. The van der Waals surface area contributed by atoms with Gasteiger partial charge in [-0.05, 0) is 20.8 Å². The molecule has 0 saturated carbocycles. The van der Waals surface area contributed by atoms with Gasteiger partial charge >= 0.3 is 5.97 Å². The Labute approximate surface area is 128 Å². The Balaban J connectivity index is 2.26. The maximum absolute atomic E-state index is 12.4. The van der Waals surface area contributed by atoms with Crippen molar-refractivity contribution in [3.05, 3.63) is 29.2 Å². The number of nitrogens with one attached hydrogen (secondary N) is 1. The summed E-state index contributed by atoms with van der Waals surface area (Å²) in [5, 5.41) is 10.9. The van der Waals surface area contributed by atoms with Gasteiger partial charge in [0.2, 0.25) is 0 Å². The Kier molecular flexibility index (Phi) is 4.59. The highest BCUT2D eigenvalue weighted by molar-refractivity contribution is 6.07. The first-order chi connectivity index (χ1) is 10.5. The lowest BCUT2D eigenvalue weighted by atomic mass is 10.2. The van der Waals surface area contributed by atoms with Crippen molar-refractivity contribution >= 4 is 17.7 Å². The third kappa shape index (κ3) is 3.00. The molecule has 0 aromatic carbocycles. The number of nitrogens with zero attached hydrogens (tertiary/aromatic N) is 4. The minimum absolute atomic E-state index is 0.221. The van der Waals surface area contributed by atoms with Crippen LogP contribution in [0.15, 0.2) is 12.4 Å². The van der Waals surface area contributed by atoms with E-state index in [4.69, 9.17) is 4.74 Å². The zero-order valence-electron chi connectivity index (χ0n) is 13.1. The Morgan fingerprint density at radius 1 is 1.32 bits per heavy atom. The SMILES string of the molecule is CCOC(=O)c1cnn(C)c1NC(=O)c1cn(CC)nc1C. The van der Waals surface area contributed by atoms with Gasteiger partial charge in [0, 0.05) is 19.8 Å². The van der Waals surface area contributed by atoms with Crippen LogP contribution in [-0.4, -0.2) is 38.0 Å². The molecule has 2 heterocycles. The number of hydrogen-bond acceptors (Lipinski definition) is 5. The Hall–Kier alpha value is -2.64. The summed E-state index contributed by atoms with van der Waals surface area (Å²) in [6.07, 6.45) is 3.04. The third-order valence-electron chi connectivity index (χ3n) is 3.18. The summed E-state index contributed by atoms with van der Waals surface area (Å²) in [6, 6.07) is 0. The Bertz CT molecular complexity index is 701. The minimum atomic E-state index is -0.521. The molecule has 1 N–H and O–H groups in total. The van der Waals surface area contributed by atoms with E-state index >= 15 is 0 Å². The van der Waals surface area contributed by atoms with Crippen molar-refractivity contribution in [1.29, 1.82) is 0 Å². The first kappa shape index (κ1) is 15.7. The van der Waals surface area contributed by atoms with Gasteiger partial charge in [0.25, 0.3) is 5.91 Å². The lowest BCUT2D eigenvalue weighted by Crippen LogP contribution is -2.18. The number of ether oxygens (including phenoxy) is 1. The molecule has 0 atom stereocenters. The van der Waals surface area contributed by atoms with Crippen LogP contribution in [0, 0.1) is 6.92 Å². The minimum Gasteiger partial charge on any atom is -0.462 e. The number of carbonyl (C=O) groups excluding carboxylic acids is 2. The normalized spacial score (nSPS) is 10.5. The fourth-order valence-corrected chi connectivity index (χ4v) is 2.02. The fraction of sp³-hybridized carbons (Fsp3) is 0.429. The van der Waals surface area contributed by atoms with Gasteiger partial charge in [-0.3, -0.25) is 14.2 Å². The van der Waals surface area contributed by atoms with Crippen molar-refractivity contribution < 1.29 is 14.3 Å². The van der Waals surface area contributed by atoms with E-state index < -0.39 is 5.97 Å². The molecule has 8 nitrogen and oxygen atoms in total. The van der Waals surface area contributed by atoms with Crippen LogP contribution in [0.4, 0.5) is 5.82 Å². The molecule has 0 aliphatic rings. The average molecular weight is 305 g/mol. The summed E-state index contributed by atoms with van der Waals surface area (Å²) >= 11 is 0. The second kappa shape index (κ2) is 6.42. The second-order valence-electron chi connectivity index (χ2n) is 4.69. The molecule has 2 aromatic rings. The van der Waals surface area contributed by atoms with Crippen molar-refractivity contribution in [2.45, 2.75) is 27.3 Å². The first-order valence-corrected chi connectivity index (χ1v) is 7.02. The van der Waals surface area contributed by atoms with Crippen molar-refractivity contribution in [3.63, 3.8) is 0 Å². The summed E-state index contributed by atoms with van der Waals surface area (Å²) < 4.78 is 8.06. The van der Waals surface area contributed by atoms with Gasteiger partial charge in [-0.2, -0.15) is 10.2 Å². The largest absolute Gasteiger partial charge is 0.462 e. The predicted octanol–water partition coefficient (Wildman–Crippen LogP) is 1.37. The topological polar surface area (TPSA) is 91.0 Å². The predicted molar refractivity (Wildman–Crippen MR) is 79.8 cm³/mol. The van der Waals surface area contributed by atoms with Gasteiger partial charge in [-0.25, -0.2) is 4.79 Å². The van der Waals surface area contributed by atoms with E-state index in [1.807, 2.05) is 6.92 Å². The van der Waals surface area contributed by atoms with E-state index in [2.05, 4.69) is 15.5 Å². The molecule has 22 heavy (non-hydrogen) atoms. The van der Waals surface area contributed by atoms with Crippen LogP contribution in [0.1, 0.15) is 40.3 Å². The van der Waals surface area contributed by atoms with Crippen molar-refractivity contribution in [3.8, 4) is 0 Å². The maximum atomic E-state index is 12.4. The zero-order chi connectivity index (χ0) is 16.3. The average Bonchev–Trinajstić information content (AvgIpc) is 3.03. The molecule has 0 bridgehead atoms. The van der Waals surface area contributed by atoms with Gasteiger partial charge in [-0.15, -0.1) is 0 Å². The van der Waals surface area contributed by atoms with Crippen LogP contribution in [0.5, 0.6) is 0 Å². The highest BCUT2D eigenvalue weighted by Crippen LogP contribution is 2.17. The fourth-order valence-electron chi connectivity index (χ4n) is 2.02. The summed E-state index contributed by atoms with van der Waals surface area (Å²) in [7, 11) is 1.64. The molecule has 0 aliphatic heterocycles. The first-order valence-electron chi connectivity index (χ1n) is 7.02. The molecule has 2 aromatic heterocycles. The van der Waals surface area contributed by atoms with E-state index in [0.29, 0.717) is 23.6 Å². The van der Waals surface area contributed by atoms with Gasteiger partial charge in [-0.1, -0.05) is 0 Å². The Morgan fingerprint density at radius 2 is 2.05 bits per heavy atom. The molecular weight excluding hydrogens is 286 g/mol. The lowest BCUT2D eigenvalue weighted by molar-refractivity contribution is 0.0527. The number of esters is 1. The number of carbonyl (C=O) groups is 2. The Morgan fingerprint density at radius 3 is 2.64 bits per heavy atom. The summed E-state index contributed by atoms with van der Waals surface area (Å²) in [5.74, 6) is -0.565.